The molecule has 0 fully saturated rings. The van der Waals surface area contributed by atoms with Crippen LogP contribution in [0.2, 0.25) is 0 Å². The first kappa shape index (κ1) is 9.24. The zero-order chi connectivity index (χ0) is 8.81. The van der Waals surface area contributed by atoms with Gasteiger partial charge < -0.3 is 5.32 Å². The highest BCUT2D eigenvalue weighted by atomic mass is 32.1. The minimum atomic E-state index is 0.782. The quantitative estimate of drug-likeness (QED) is 0.562. The second-order valence-electron chi connectivity index (χ2n) is 2.51. The van der Waals surface area contributed by atoms with Crippen molar-refractivity contribution in [3.8, 4) is 12.3 Å². The predicted octanol–water partition coefficient (Wildman–Crippen LogP) is 1.56. The molecule has 2 nitrogen and oxygen atoms in total. The minimum Gasteiger partial charge on any atom is -0.310 e. The van der Waals surface area contributed by atoms with Crippen LogP contribution in [0.3, 0.4) is 0 Å². The summed E-state index contributed by atoms with van der Waals surface area (Å²) < 4.78 is 0. The number of terminal acetylenes is 1. The van der Waals surface area contributed by atoms with Crippen LogP contribution in [-0.4, -0.2) is 11.5 Å². The SMILES string of the molecule is C#CCCNCc1nc(C)cs1. The number of rotatable bonds is 4. The maximum atomic E-state index is 5.11. The summed E-state index contributed by atoms with van der Waals surface area (Å²) in [6.45, 7) is 3.71. The highest BCUT2D eigenvalue weighted by Gasteiger charge is 1.95. The Kier molecular flexibility index (Phi) is 3.78. The van der Waals surface area contributed by atoms with Gasteiger partial charge in [0.05, 0.1) is 0 Å². The van der Waals surface area contributed by atoms with Crippen LogP contribution in [0.1, 0.15) is 17.1 Å². The van der Waals surface area contributed by atoms with Crippen molar-refractivity contribution < 1.29 is 0 Å². The maximum Gasteiger partial charge on any atom is 0.107 e. The van der Waals surface area contributed by atoms with Crippen LogP contribution in [0, 0.1) is 19.3 Å². The van der Waals surface area contributed by atoms with E-state index in [1.54, 1.807) is 11.3 Å². The second-order valence-corrected chi connectivity index (χ2v) is 3.46. The summed E-state index contributed by atoms with van der Waals surface area (Å²) in [4.78, 5) is 4.31. The average Bonchev–Trinajstić information content (AvgIpc) is 2.45. The molecule has 0 bridgehead atoms. The van der Waals surface area contributed by atoms with Crippen LogP contribution >= 0.6 is 11.3 Å². The van der Waals surface area contributed by atoms with Crippen LogP contribution in [0.15, 0.2) is 5.38 Å². The molecule has 0 aliphatic rings. The van der Waals surface area contributed by atoms with E-state index in [1.165, 1.54) is 0 Å². The fraction of sp³-hybridized carbons (Fsp3) is 0.444. The van der Waals surface area contributed by atoms with Crippen molar-refractivity contribution in [1.29, 1.82) is 0 Å². The Balaban J connectivity index is 2.21. The van der Waals surface area contributed by atoms with Gasteiger partial charge in [-0.15, -0.1) is 23.7 Å². The maximum absolute atomic E-state index is 5.11. The van der Waals surface area contributed by atoms with Crippen LogP contribution in [-0.2, 0) is 6.54 Å². The van der Waals surface area contributed by atoms with E-state index in [2.05, 4.69) is 21.6 Å². The Morgan fingerprint density at radius 1 is 1.75 bits per heavy atom. The standard InChI is InChI=1S/C9H12N2S/c1-3-4-5-10-6-9-11-8(2)7-12-9/h1,7,10H,4-6H2,2H3. The zero-order valence-electron chi connectivity index (χ0n) is 7.13. The van der Waals surface area contributed by atoms with E-state index < -0.39 is 0 Å². The van der Waals surface area contributed by atoms with Crippen molar-refractivity contribution in [3.63, 3.8) is 0 Å². The Hall–Kier alpha value is -0.850. The van der Waals surface area contributed by atoms with Gasteiger partial charge in [-0.25, -0.2) is 4.98 Å². The Morgan fingerprint density at radius 3 is 3.17 bits per heavy atom. The predicted molar refractivity (Wildman–Crippen MR) is 52.0 cm³/mol. The molecule has 0 unspecified atom stereocenters. The van der Waals surface area contributed by atoms with Crippen LogP contribution in [0.25, 0.3) is 0 Å². The molecule has 0 aliphatic heterocycles. The third kappa shape index (κ3) is 3.04. The van der Waals surface area contributed by atoms with E-state index in [4.69, 9.17) is 6.42 Å². The topological polar surface area (TPSA) is 24.9 Å². The zero-order valence-corrected chi connectivity index (χ0v) is 7.95. The van der Waals surface area contributed by atoms with Gasteiger partial charge in [0.15, 0.2) is 0 Å². The lowest BCUT2D eigenvalue weighted by molar-refractivity contribution is 0.697. The first-order chi connectivity index (χ1) is 5.83. The molecule has 1 rings (SSSR count). The molecular weight excluding hydrogens is 168 g/mol. The van der Waals surface area contributed by atoms with Crippen molar-refractivity contribution in [2.24, 2.45) is 0 Å². The van der Waals surface area contributed by atoms with E-state index in [0.29, 0.717) is 0 Å². The molecule has 0 spiro atoms. The fourth-order valence-electron chi connectivity index (χ4n) is 0.840. The summed E-state index contributed by atoms with van der Waals surface area (Å²) in [7, 11) is 0. The molecule has 1 aromatic rings. The second kappa shape index (κ2) is 4.91. The van der Waals surface area contributed by atoms with E-state index in [1.807, 2.05) is 6.92 Å². The van der Waals surface area contributed by atoms with Crippen molar-refractivity contribution in [2.75, 3.05) is 6.54 Å². The molecular formula is C9H12N2S. The lowest BCUT2D eigenvalue weighted by Crippen LogP contribution is -2.13. The van der Waals surface area contributed by atoms with Crippen LogP contribution in [0.4, 0.5) is 0 Å². The number of aryl methyl sites for hydroxylation is 1. The highest BCUT2D eigenvalue weighted by molar-refractivity contribution is 7.09. The lowest BCUT2D eigenvalue weighted by Gasteiger charge is -1.96. The minimum absolute atomic E-state index is 0.782. The fourth-order valence-corrected chi connectivity index (χ4v) is 1.58. The van der Waals surface area contributed by atoms with Gasteiger partial charge in [0.2, 0.25) is 0 Å². The molecule has 0 saturated carbocycles. The Labute approximate surface area is 77.0 Å². The van der Waals surface area contributed by atoms with E-state index >= 15 is 0 Å². The van der Waals surface area contributed by atoms with E-state index in [-0.39, 0.29) is 0 Å². The summed E-state index contributed by atoms with van der Waals surface area (Å²) >= 11 is 1.68. The van der Waals surface area contributed by atoms with E-state index in [0.717, 1.165) is 30.2 Å². The molecule has 1 heterocycles. The normalized spacial score (nSPS) is 9.67. The Bertz CT molecular complexity index is 272. The summed E-state index contributed by atoms with van der Waals surface area (Å²) in [5.74, 6) is 2.58. The number of nitrogens with zero attached hydrogens (tertiary/aromatic N) is 1. The van der Waals surface area contributed by atoms with Crippen LogP contribution in [0.5, 0.6) is 0 Å². The average molecular weight is 180 g/mol. The number of hydrogen-bond donors (Lipinski definition) is 1. The molecule has 0 aliphatic carbocycles. The molecule has 0 saturated heterocycles. The van der Waals surface area contributed by atoms with Crippen LogP contribution < -0.4 is 5.32 Å². The summed E-state index contributed by atoms with van der Waals surface area (Å²) in [5, 5.41) is 6.40. The molecule has 1 aromatic heterocycles. The molecule has 0 amide bonds. The molecule has 12 heavy (non-hydrogen) atoms. The van der Waals surface area contributed by atoms with Gasteiger partial charge in [-0.2, -0.15) is 0 Å². The number of aromatic nitrogens is 1. The molecule has 0 aromatic carbocycles. The number of hydrogen-bond acceptors (Lipinski definition) is 3. The number of nitrogens with one attached hydrogen (secondary N) is 1. The third-order valence-corrected chi connectivity index (χ3v) is 2.36. The van der Waals surface area contributed by atoms with Gasteiger partial charge in [0, 0.05) is 30.6 Å². The van der Waals surface area contributed by atoms with Crippen molar-refractivity contribution in [1.82, 2.24) is 10.3 Å². The van der Waals surface area contributed by atoms with Gasteiger partial charge in [0.25, 0.3) is 0 Å². The van der Waals surface area contributed by atoms with Crippen molar-refractivity contribution in [3.05, 3.63) is 16.1 Å². The van der Waals surface area contributed by atoms with Crippen molar-refractivity contribution >= 4 is 11.3 Å². The third-order valence-electron chi connectivity index (χ3n) is 1.39. The van der Waals surface area contributed by atoms with E-state index in [9.17, 15) is 0 Å². The smallest absolute Gasteiger partial charge is 0.107 e. The first-order valence-corrected chi connectivity index (χ1v) is 4.76. The summed E-state index contributed by atoms with van der Waals surface area (Å²) in [5.41, 5.74) is 1.09. The van der Waals surface area contributed by atoms with Gasteiger partial charge in [0.1, 0.15) is 5.01 Å². The molecule has 64 valence electrons. The van der Waals surface area contributed by atoms with Crippen molar-refractivity contribution in [2.45, 2.75) is 19.9 Å². The summed E-state index contributed by atoms with van der Waals surface area (Å²) in [6.07, 6.45) is 5.89. The summed E-state index contributed by atoms with van der Waals surface area (Å²) in [6, 6.07) is 0. The first-order valence-electron chi connectivity index (χ1n) is 3.88. The molecule has 1 N–H and O–H groups in total. The largest absolute Gasteiger partial charge is 0.310 e. The monoisotopic (exact) mass is 180 g/mol. The van der Waals surface area contributed by atoms with Gasteiger partial charge >= 0.3 is 0 Å². The molecule has 0 atom stereocenters. The Morgan fingerprint density at radius 2 is 2.58 bits per heavy atom. The lowest BCUT2D eigenvalue weighted by atomic mass is 10.4. The number of thiazole rings is 1. The molecule has 0 radical (unpaired) electrons. The highest BCUT2D eigenvalue weighted by Crippen LogP contribution is 2.07. The van der Waals surface area contributed by atoms with Gasteiger partial charge in [-0.1, -0.05) is 0 Å². The molecule has 3 heteroatoms. The van der Waals surface area contributed by atoms with Gasteiger partial charge in [-0.05, 0) is 6.92 Å². The van der Waals surface area contributed by atoms with Gasteiger partial charge in [-0.3, -0.25) is 0 Å².